The summed E-state index contributed by atoms with van der Waals surface area (Å²) in [5, 5.41) is -0.510. The molecular formula is C21H31ClNO2P. The SMILES string of the molecule is CC(C)N1C2C3CCC(C)(C2O[P+]1([O-])[C@H](Cl)Cc1ccccc1)C3(C)C. The van der Waals surface area contributed by atoms with Gasteiger partial charge in [-0.3, -0.25) is 0 Å². The Labute approximate surface area is 163 Å². The molecule has 4 rings (SSSR count). The Kier molecular flexibility index (Phi) is 4.54. The number of benzene rings is 1. The van der Waals surface area contributed by atoms with Crippen molar-refractivity contribution < 1.29 is 9.42 Å². The Bertz CT molecular complexity index is 684. The lowest BCUT2D eigenvalue weighted by atomic mass is 9.70. The van der Waals surface area contributed by atoms with E-state index in [-0.39, 0.29) is 29.0 Å². The highest BCUT2D eigenvalue weighted by Gasteiger charge is 2.76. The van der Waals surface area contributed by atoms with Gasteiger partial charge in [0.15, 0.2) is 13.0 Å². The summed E-state index contributed by atoms with van der Waals surface area (Å²) >= 11 is 6.82. The van der Waals surface area contributed by atoms with Crippen molar-refractivity contribution in [2.75, 3.05) is 0 Å². The van der Waals surface area contributed by atoms with Gasteiger partial charge >= 0.3 is 0 Å². The molecule has 1 aromatic rings. The van der Waals surface area contributed by atoms with Gasteiger partial charge in [-0.1, -0.05) is 62.7 Å². The molecule has 3 nitrogen and oxygen atoms in total. The predicted octanol–water partition coefficient (Wildman–Crippen LogP) is 4.85. The molecule has 2 saturated carbocycles. The van der Waals surface area contributed by atoms with Crippen LogP contribution < -0.4 is 4.89 Å². The van der Waals surface area contributed by atoms with Crippen molar-refractivity contribution in [3.8, 4) is 0 Å². The van der Waals surface area contributed by atoms with Crippen LogP contribution in [0, 0.1) is 16.7 Å². The standard InChI is InChI=1S/C21H31ClNO2P/c1-14(2)23-18-16-11-12-21(5,20(16,3)4)19(18)25-26(23,24)17(22)13-15-9-7-6-8-10-15/h6-10,14,16-19H,11-13H2,1-5H3/t16?,17-,18?,19?,21?,26?/m0/s1. The molecule has 0 amide bonds. The van der Waals surface area contributed by atoms with Crippen LogP contribution in [0.25, 0.3) is 0 Å². The van der Waals surface area contributed by atoms with Gasteiger partial charge in [0.05, 0.1) is 6.04 Å². The summed E-state index contributed by atoms with van der Waals surface area (Å²) in [6, 6.07) is 10.5. The summed E-state index contributed by atoms with van der Waals surface area (Å²) in [4.78, 5) is 14.1. The average molecular weight is 396 g/mol. The van der Waals surface area contributed by atoms with Gasteiger partial charge in [-0.2, -0.15) is 0 Å². The highest BCUT2D eigenvalue weighted by atomic mass is 35.5. The predicted molar refractivity (Wildman–Crippen MR) is 107 cm³/mol. The maximum absolute atomic E-state index is 14.1. The first-order valence-electron chi connectivity index (χ1n) is 9.88. The van der Waals surface area contributed by atoms with Crippen molar-refractivity contribution in [3.05, 3.63) is 35.9 Å². The zero-order valence-electron chi connectivity index (χ0n) is 16.5. The molecule has 5 unspecified atom stereocenters. The van der Waals surface area contributed by atoms with E-state index in [0.717, 1.165) is 12.0 Å². The summed E-state index contributed by atoms with van der Waals surface area (Å²) in [6.07, 6.45) is 2.96. The molecule has 0 spiro atoms. The molecule has 3 aliphatic rings. The molecule has 1 aromatic carbocycles. The van der Waals surface area contributed by atoms with Gasteiger partial charge in [0, 0.05) is 17.9 Å². The Hall–Kier alpha value is -0.180. The fourth-order valence-electron chi connectivity index (χ4n) is 5.96. The average Bonchev–Trinajstić information content (AvgIpc) is 3.07. The molecule has 0 N–H and O–H groups in total. The quantitative estimate of drug-likeness (QED) is 0.540. The molecule has 1 saturated heterocycles. The molecule has 0 radical (unpaired) electrons. The molecule has 26 heavy (non-hydrogen) atoms. The topological polar surface area (TPSA) is 35.5 Å². The van der Waals surface area contributed by atoms with Crippen LogP contribution in [-0.2, 0) is 10.9 Å². The number of rotatable bonds is 4. The van der Waals surface area contributed by atoms with Gasteiger partial charge in [-0.05, 0) is 43.6 Å². The second kappa shape index (κ2) is 6.16. The van der Waals surface area contributed by atoms with Crippen molar-refractivity contribution in [2.24, 2.45) is 16.7 Å². The van der Waals surface area contributed by atoms with Crippen LogP contribution in [0.15, 0.2) is 30.3 Å². The van der Waals surface area contributed by atoms with Gasteiger partial charge in [0.25, 0.3) is 0 Å². The monoisotopic (exact) mass is 395 g/mol. The molecule has 1 heterocycles. The van der Waals surface area contributed by atoms with Crippen molar-refractivity contribution in [3.63, 3.8) is 0 Å². The third-order valence-corrected chi connectivity index (χ3v) is 11.4. The van der Waals surface area contributed by atoms with E-state index in [1.54, 1.807) is 0 Å². The Morgan fingerprint density at radius 1 is 1.27 bits per heavy atom. The summed E-state index contributed by atoms with van der Waals surface area (Å²) in [6.45, 7) is 11.3. The third kappa shape index (κ3) is 2.40. The summed E-state index contributed by atoms with van der Waals surface area (Å²) in [5.74, 6) is 0.524. The molecule has 2 aliphatic carbocycles. The zero-order chi connectivity index (χ0) is 18.9. The van der Waals surface area contributed by atoms with Gasteiger partial charge in [-0.25, -0.2) is 4.52 Å². The minimum atomic E-state index is -3.11. The molecule has 3 fully saturated rings. The van der Waals surface area contributed by atoms with E-state index in [0.29, 0.717) is 12.3 Å². The molecule has 5 heteroatoms. The first-order chi connectivity index (χ1) is 12.1. The minimum absolute atomic E-state index is 0.0292. The molecule has 6 atom stereocenters. The van der Waals surface area contributed by atoms with Crippen molar-refractivity contribution in [1.29, 1.82) is 0 Å². The van der Waals surface area contributed by atoms with Crippen LogP contribution in [0.1, 0.15) is 53.0 Å². The van der Waals surface area contributed by atoms with E-state index in [4.69, 9.17) is 16.1 Å². The van der Waals surface area contributed by atoms with E-state index in [2.05, 4.69) is 39.3 Å². The van der Waals surface area contributed by atoms with Crippen LogP contribution in [-0.4, -0.2) is 28.0 Å². The summed E-state index contributed by atoms with van der Waals surface area (Å²) < 4.78 is 8.69. The lowest BCUT2D eigenvalue weighted by molar-refractivity contribution is -0.206. The van der Waals surface area contributed by atoms with Crippen molar-refractivity contribution in [1.82, 2.24) is 4.67 Å². The summed E-state index contributed by atoms with van der Waals surface area (Å²) in [7, 11) is -3.11. The molecule has 0 aromatic heterocycles. The normalized spacial score (nSPS) is 42.4. The number of halogens is 1. The fraction of sp³-hybridized carbons (Fsp3) is 0.714. The van der Waals surface area contributed by atoms with E-state index in [1.807, 2.05) is 30.3 Å². The van der Waals surface area contributed by atoms with Crippen LogP contribution in [0.5, 0.6) is 0 Å². The van der Waals surface area contributed by atoms with E-state index in [1.165, 1.54) is 6.42 Å². The van der Waals surface area contributed by atoms with E-state index in [9.17, 15) is 4.89 Å². The first kappa shape index (κ1) is 19.2. The van der Waals surface area contributed by atoms with Crippen LogP contribution in [0.3, 0.4) is 0 Å². The number of alkyl halides is 1. The molecule has 144 valence electrons. The van der Waals surface area contributed by atoms with Gasteiger partial charge < -0.3 is 4.89 Å². The van der Waals surface area contributed by atoms with Crippen molar-refractivity contribution in [2.45, 2.75) is 77.2 Å². The highest BCUT2D eigenvalue weighted by Crippen LogP contribution is 2.79. The van der Waals surface area contributed by atoms with Gasteiger partial charge in [0.1, 0.15) is 6.10 Å². The largest absolute Gasteiger partial charge is 0.640 e. The highest BCUT2D eigenvalue weighted by molar-refractivity contribution is 7.64. The number of hydrogen-bond donors (Lipinski definition) is 0. The lowest BCUT2D eigenvalue weighted by Crippen LogP contribution is -2.46. The smallest absolute Gasteiger partial charge is 0.193 e. The third-order valence-electron chi connectivity index (χ3n) is 7.75. The molecular weight excluding hydrogens is 365 g/mol. The molecule has 1 aliphatic heterocycles. The second-order valence-electron chi connectivity index (χ2n) is 9.46. The van der Waals surface area contributed by atoms with Gasteiger partial charge in [-0.15, -0.1) is 4.67 Å². The minimum Gasteiger partial charge on any atom is -0.640 e. The number of fused-ring (bicyclic) bond motifs is 5. The van der Waals surface area contributed by atoms with Crippen LogP contribution in [0.4, 0.5) is 0 Å². The Morgan fingerprint density at radius 2 is 1.92 bits per heavy atom. The van der Waals surface area contributed by atoms with Crippen LogP contribution >= 0.6 is 19.5 Å². The maximum atomic E-state index is 14.1. The van der Waals surface area contributed by atoms with Gasteiger partial charge in [0.2, 0.25) is 0 Å². The van der Waals surface area contributed by atoms with E-state index >= 15 is 0 Å². The fourth-order valence-corrected chi connectivity index (χ4v) is 9.53. The number of hydrogen-bond acceptors (Lipinski definition) is 3. The zero-order valence-corrected chi connectivity index (χ0v) is 18.1. The lowest BCUT2D eigenvalue weighted by Gasteiger charge is -2.43. The van der Waals surface area contributed by atoms with E-state index < -0.39 is 13.0 Å². The molecule has 2 bridgehead atoms. The second-order valence-corrected chi connectivity index (χ2v) is 12.7. The number of nitrogens with zero attached hydrogens (tertiary/aromatic N) is 1. The Balaban J connectivity index is 1.68. The van der Waals surface area contributed by atoms with Crippen LogP contribution in [0.2, 0.25) is 0 Å². The van der Waals surface area contributed by atoms with Crippen molar-refractivity contribution >= 4 is 19.5 Å². The maximum Gasteiger partial charge on any atom is 0.193 e. The first-order valence-corrected chi connectivity index (χ1v) is 12.0. The summed E-state index contributed by atoms with van der Waals surface area (Å²) in [5.41, 5.74) is 1.40. The Morgan fingerprint density at radius 3 is 2.54 bits per heavy atom.